The van der Waals surface area contributed by atoms with Crippen LogP contribution in [0.1, 0.15) is 67.3 Å². The van der Waals surface area contributed by atoms with Gasteiger partial charge in [-0.3, -0.25) is 4.79 Å². The monoisotopic (exact) mass is 661 g/mol. The molecule has 1 fully saturated rings. The molecule has 0 radical (unpaired) electrons. The first-order valence-electron chi connectivity index (χ1n) is 15.3. The zero-order chi connectivity index (χ0) is 33.2. The fourth-order valence-corrected chi connectivity index (χ4v) is 8.14. The Morgan fingerprint density at radius 2 is 1.78 bits per heavy atom. The fraction of sp³-hybridized carbons (Fsp3) is 0.361. The van der Waals surface area contributed by atoms with Crippen LogP contribution in [0.3, 0.4) is 0 Å². The predicted molar refractivity (Wildman–Crippen MR) is 180 cm³/mol. The summed E-state index contributed by atoms with van der Waals surface area (Å²) < 4.78 is 21.1. The van der Waals surface area contributed by atoms with Gasteiger partial charge in [0.25, 0.3) is 5.91 Å². The minimum atomic E-state index is -1.04. The highest BCUT2D eigenvalue weighted by molar-refractivity contribution is 7.21. The van der Waals surface area contributed by atoms with E-state index in [4.69, 9.17) is 16.3 Å². The lowest BCUT2D eigenvalue weighted by atomic mass is 9.72. The summed E-state index contributed by atoms with van der Waals surface area (Å²) in [5, 5.41) is 21.9. The largest absolute Gasteiger partial charge is 0.496 e. The van der Waals surface area contributed by atoms with Gasteiger partial charge in [-0.05, 0) is 84.5 Å². The van der Waals surface area contributed by atoms with E-state index in [1.54, 1.807) is 31.4 Å². The van der Waals surface area contributed by atoms with Gasteiger partial charge in [0, 0.05) is 34.3 Å². The SMILES string of the molecule is COc1ccc(-c2ccc(C#N)cc2)cc1CN(C(=O)c1sc2cccc(F)c2c1Cl)C1CCC(C(NC(=O)O)C(C)(C)C)CC1. The number of amides is 2. The first kappa shape index (κ1) is 33.2. The number of nitriles is 1. The number of rotatable bonds is 8. The lowest BCUT2D eigenvalue weighted by molar-refractivity contribution is 0.0543. The van der Waals surface area contributed by atoms with Crippen molar-refractivity contribution in [1.29, 1.82) is 5.26 Å². The molecule has 240 valence electrons. The van der Waals surface area contributed by atoms with Crippen LogP contribution in [0.15, 0.2) is 60.7 Å². The summed E-state index contributed by atoms with van der Waals surface area (Å²) in [7, 11) is 1.59. The molecule has 1 aliphatic rings. The fourth-order valence-electron chi connectivity index (χ4n) is 6.63. The van der Waals surface area contributed by atoms with E-state index in [-0.39, 0.29) is 51.2 Å². The first-order chi connectivity index (χ1) is 21.9. The average Bonchev–Trinajstić information content (AvgIpc) is 3.39. The van der Waals surface area contributed by atoms with Gasteiger partial charge in [0.05, 0.1) is 23.8 Å². The molecule has 0 bridgehead atoms. The number of methoxy groups -OCH3 is 1. The summed E-state index contributed by atoms with van der Waals surface area (Å²) in [4.78, 5) is 28.2. The number of benzene rings is 3. The number of carbonyl (C=O) groups is 2. The molecule has 1 heterocycles. The second-order valence-electron chi connectivity index (χ2n) is 12.9. The molecule has 4 aromatic rings. The van der Waals surface area contributed by atoms with E-state index >= 15 is 0 Å². The van der Waals surface area contributed by atoms with Crippen molar-refractivity contribution in [3.63, 3.8) is 0 Å². The van der Waals surface area contributed by atoms with Crippen LogP contribution in [-0.2, 0) is 6.54 Å². The highest BCUT2D eigenvalue weighted by Gasteiger charge is 2.39. The number of fused-ring (bicyclic) bond motifs is 1. The topological polar surface area (TPSA) is 103 Å². The normalized spacial score (nSPS) is 17.2. The van der Waals surface area contributed by atoms with Gasteiger partial charge in [0.2, 0.25) is 0 Å². The van der Waals surface area contributed by atoms with Gasteiger partial charge in [-0.1, -0.05) is 56.6 Å². The molecule has 1 atom stereocenters. The number of carbonyl (C=O) groups excluding carboxylic acids is 1. The summed E-state index contributed by atoms with van der Waals surface area (Å²) in [6.07, 6.45) is 1.75. The number of nitrogens with zero attached hydrogens (tertiary/aromatic N) is 2. The molecule has 1 unspecified atom stereocenters. The molecule has 10 heteroatoms. The third kappa shape index (κ3) is 6.98. The van der Waals surface area contributed by atoms with Crippen LogP contribution in [0.2, 0.25) is 5.02 Å². The molecule has 2 amide bonds. The van der Waals surface area contributed by atoms with E-state index in [0.29, 0.717) is 28.9 Å². The van der Waals surface area contributed by atoms with Gasteiger partial charge >= 0.3 is 6.09 Å². The molecule has 7 nitrogen and oxygen atoms in total. The molecule has 2 N–H and O–H groups in total. The van der Waals surface area contributed by atoms with Crippen molar-refractivity contribution in [2.45, 2.75) is 65.1 Å². The quantitative estimate of drug-likeness (QED) is 0.196. The molecular formula is C36H37ClFN3O4S. The molecule has 0 saturated heterocycles. The van der Waals surface area contributed by atoms with E-state index in [1.807, 2.05) is 56.0 Å². The van der Waals surface area contributed by atoms with Gasteiger partial charge in [-0.2, -0.15) is 5.26 Å². The Balaban J connectivity index is 1.51. The third-order valence-electron chi connectivity index (χ3n) is 8.90. The Morgan fingerprint density at radius 3 is 2.37 bits per heavy atom. The number of hydrogen-bond acceptors (Lipinski definition) is 5. The molecule has 0 spiro atoms. The van der Waals surface area contributed by atoms with Crippen molar-refractivity contribution in [3.05, 3.63) is 87.5 Å². The second-order valence-corrected chi connectivity index (χ2v) is 14.3. The van der Waals surface area contributed by atoms with Crippen LogP contribution in [0, 0.1) is 28.5 Å². The second kappa shape index (κ2) is 13.7. The maximum Gasteiger partial charge on any atom is 0.404 e. The van der Waals surface area contributed by atoms with Crippen LogP contribution >= 0.6 is 22.9 Å². The molecule has 1 saturated carbocycles. The highest BCUT2D eigenvalue weighted by Crippen LogP contribution is 2.41. The van der Waals surface area contributed by atoms with Crippen molar-refractivity contribution in [2.24, 2.45) is 11.3 Å². The predicted octanol–water partition coefficient (Wildman–Crippen LogP) is 9.12. The van der Waals surface area contributed by atoms with Crippen molar-refractivity contribution < 1.29 is 23.8 Å². The molecule has 3 aromatic carbocycles. The summed E-state index contributed by atoms with van der Waals surface area (Å²) in [6, 6.07) is 19.5. The van der Waals surface area contributed by atoms with Crippen molar-refractivity contribution in [1.82, 2.24) is 10.2 Å². The summed E-state index contributed by atoms with van der Waals surface area (Å²) >= 11 is 7.89. The minimum Gasteiger partial charge on any atom is -0.496 e. The van der Waals surface area contributed by atoms with Crippen LogP contribution in [0.4, 0.5) is 9.18 Å². The van der Waals surface area contributed by atoms with E-state index in [2.05, 4.69) is 11.4 Å². The van der Waals surface area contributed by atoms with Gasteiger partial charge < -0.3 is 20.1 Å². The van der Waals surface area contributed by atoms with Gasteiger partial charge in [0.15, 0.2) is 0 Å². The average molecular weight is 662 g/mol. The summed E-state index contributed by atoms with van der Waals surface area (Å²) in [5.41, 5.74) is 2.91. The zero-order valence-corrected chi connectivity index (χ0v) is 27.8. The lowest BCUT2D eigenvalue weighted by Gasteiger charge is -2.43. The molecule has 46 heavy (non-hydrogen) atoms. The maximum atomic E-state index is 14.8. The van der Waals surface area contributed by atoms with Crippen LogP contribution in [-0.4, -0.2) is 41.2 Å². The van der Waals surface area contributed by atoms with Crippen LogP contribution < -0.4 is 10.1 Å². The molecule has 1 aliphatic carbocycles. The van der Waals surface area contributed by atoms with E-state index in [9.17, 15) is 24.3 Å². The van der Waals surface area contributed by atoms with Crippen molar-refractivity contribution in [3.8, 4) is 22.9 Å². The van der Waals surface area contributed by atoms with E-state index in [0.717, 1.165) is 29.5 Å². The molecular weight excluding hydrogens is 625 g/mol. The third-order valence-corrected chi connectivity index (χ3v) is 10.5. The standard InChI is InChI=1S/C36H37ClFN3O4S/c1-36(2,3)33(40-35(43)44)23-12-15-26(16-13-23)41(34(42)32-31(37)30-27(38)6-5-7-29(30)46-32)20-25-18-24(14-17-28(25)45-4)22-10-8-21(19-39)9-11-22/h5-11,14,17-18,23,26,33,40H,12-13,15-16,20H2,1-4H3,(H,43,44). The number of hydrogen-bond donors (Lipinski definition) is 2. The Morgan fingerprint density at radius 1 is 1.11 bits per heavy atom. The Hall–Kier alpha value is -4.13. The smallest absolute Gasteiger partial charge is 0.404 e. The maximum absolute atomic E-state index is 14.8. The molecule has 1 aromatic heterocycles. The van der Waals surface area contributed by atoms with Gasteiger partial charge in [-0.15, -0.1) is 11.3 Å². The Labute approximate surface area is 277 Å². The number of carboxylic acid groups (broad SMARTS) is 1. The van der Waals surface area contributed by atoms with Crippen LogP contribution in [0.25, 0.3) is 21.2 Å². The number of thiophene rings is 1. The minimum absolute atomic E-state index is 0.110. The lowest BCUT2D eigenvalue weighted by Crippen LogP contribution is -2.50. The first-order valence-corrected chi connectivity index (χ1v) is 16.4. The van der Waals surface area contributed by atoms with E-state index in [1.165, 1.54) is 17.4 Å². The van der Waals surface area contributed by atoms with Crippen molar-refractivity contribution >= 4 is 45.0 Å². The molecule has 5 rings (SSSR count). The summed E-state index contributed by atoms with van der Waals surface area (Å²) in [5.74, 6) is -0.0203. The van der Waals surface area contributed by atoms with Gasteiger partial charge in [-0.25, -0.2) is 9.18 Å². The van der Waals surface area contributed by atoms with Crippen LogP contribution in [0.5, 0.6) is 5.75 Å². The Kier molecular flexibility index (Phi) is 9.90. The molecule has 0 aliphatic heterocycles. The number of ether oxygens (including phenoxy) is 1. The van der Waals surface area contributed by atoms with E-state index < -0.39 is 11.9 Å². The number of nitrogens with one attached hydrogen (secondary N) is 1. The highest BCUT2D eigenvalue weighted by atomic mass is 35.5. The Bertz CT molecular complexity index is 1790. The number of halogens is 2. The zero-order valence-electron chi connectivity index (χ0n) is 26.3. The van der Waals surface area contributed by atoms with Crippen molar-refractivity contribution in [2.75, 3.05) is 7.11 Å². The summed E-state index contributed by atoms with van der Waals surface area (Å²) in [6.45, 7) is 6.33. The van der Waals surface area contributed by atoms with Gasteiger partial charge in [0.1, 0.15) is 16.4 Å².